The molecule has 1 unspecified atom stereocenters. The maximum Gasteiger partial charge on any atom is 0.194 e. The van der Waals surface area contributed by atoms with E-state index in [0.717, 1.165) is 54.6 Å². The number of H-pyrrole nitrogens is 1. The average molecular weight is 492 g/mol. The second-order valence-corrected chi connectivity index (χ2v) is 9.82. The number of rotatable bonds is 6. The number of anilines is 2. The number of aliphatic imine (C=N–C) groups is 1. The lowest BCUT2D eigenvalue weighted by molar-refractivity contribution is 0.312. The largest absolute Gasteiger partial charge is 0.496 e. The third-order valence-electron chi connectivity index (χ3n) is 6.71. The van der Waals surface area contributed by atoms with Gasteiger partial charge in [0.2, 0.25) is 0 Å². The zero-order valence-corrected chi connectivity index (χ0v) is 21.3. The minimum Gasteiger partial charge on any atom is -0.496 e. The molecular weight excluding hydrogens is 458 g/mol. The van der Waals surface area contributed by atoms with Crippen LogP contribution in [0.15, 0.2) is 64.6 Å². The lowest BCUT2D eigenvalue weighted by Crippen LogP contribution is -2.61. The summed E-state index contributed by atoms with van der Waals surface area (Å²) in [6.07, 6.45) is 3.98. The summed E-state index contributed by atoms with van der Waals surface area (Å²) < 4.78 is 5.83. The Morgan fingerprint density at radius 2 is 1.89 bits per heavy atom. The molecule has 3 aromatic rings. The van der Waals surface area contributed by atoms with Crippen molar-refractivity contribution in [2.45, 2.75) is 17.2 Å². The summed E-state index contributed by atoms with van der Waals surface area (Å²) in [4.78, 5) is 14.2. The molecule has 8 nitrogen and oxygen atoms in total. The predicted molar refractivity (Wildman–Crippen MR) is 145 cm³/mol. The van der Waals surface area contributed by atoms with Crippen LogP contribution in [0.3, 0.4) is 0 Å². The predicted octanol–water partition coefficient (Wildman–Crippen LogP) is 3.23. The smallest absolute Gasteiger partial charge is 0.194 e. The number of nitrogens with zero attached hydrogens (tertiary/aromatic N) is 3. The zero-order chi connectivity index (χ0) is 24.4. The van der Waals surface area contributed by atoms with Gasteiger partial charge in [-0.2, -0.15) is 0 Å². The summed E-state index contributed by atoms with van der Waals surface area (Å²) in [5.41, 5.74) is 11.9. The van der Waals surface area contributed by atoms with Crippen LogP contribution in [0, 0.1) is 0 Å². The van der Waals surface area contributed by atoms with Crippen molar-refractivity contribution in [1.82, 2.24) is 15.2 Å². The molecule has 2 aliphatic heterocycles. The van der Waals surface area contributed by atoms with Gasteiger partial charge in [0, 0.05) is 49.0 Å². The Bertz CT molecular complexity index is 1220. The Balaban J connectivity index is 1.46. The van der Waals surface area contributed by atoms with Crippen LogP contribution in [0.2, 0.25) is 0 Å². The highest BCUT2D eigenvalue weighted by molar-refractivity contribution is 7.98. The first-order valence-corrected chi connectivity index (χ1v) is 13.0. The summed E-state index contributed by atoms with van der Waals surface area (Å²) in [6.45, 7) is 4.62. The third-order valence-corrected chi connectivity index (χ3v) is 7.55. The number of benzene rings is 2. The SMILES string of the molecule is COc1cc(N2CCN(C)CC2)ccc1C1(N)NC(=NCc2ccccc2SC)c2[nH]ccc2N1. The van der Waals surface area contributed by atoms with Crippen molar-refractivity contribution >= 4 is 29.0 Å². The van der Waals surface area contributed by atoms with Gasteiger partial charge in [-0.1, -0.05) is 18.2 Å². The third kappa shape index (κ3) is 4.71. The maximum atomic E-state index is 6.97. The fourth-order valence-corrected chi connectivity index (χ4v) is 5.29. The molecule has 9 heteroatoms. The Hall–Kier alpha value is -3.14. The van der Waals surface area contributed by atoms with Gasteiger partial charge >= 0.3 is 0 Å². The number of methoxy groups -OCH3 is 1. The van der Waals surface area contributed by atoms with Crippen LogP contribution in [0.4, 0.5) is 11.4 Å². The van der Waals surface area contributed by atoms with E-state index in [0.29, 0.717) is 12.4 Å². The molecule has 5 rings (SSSR count). The van der Waals surface area contributed by atoms with Crippen molar-refractivity contribution in [2.75, 3.05) is 56.8 Å². The summed E-state index contributed by atoms with van der Waals surface area (Å²) in [7, 11) is 3.85. The highest BCUT2D eigenvalue weighted by atomic mass is 32.2. The van der Waals surface area contributed by atoms with Gasteiger partial charge in [-0.15, -0.1) is 11.8 Å². The molecule has 2 aliphatic rings. The van der Waals surface area contributed by atoms with Gasteiger partial charge in [-0.3, -0.25) is 10.7 Å². The number of fused-ring (bicyclic) bond motifs is 1. The van der Waals surface area contributed by atoms with Crippen molar-refractivity contribution < 1.29 is 4.74 Å². The molecule has 3 heterocycles. The van der Waals surface area contributed by atoms with E-state index >= 15 is 0 Å². The topological polar surface area (TPSA) is 93.9 Å². The van der Waals surface area contributed by atoms with E-state index in [2.05, 4.69) is 69.1 Å². The molecule has 0 saturated carbocycles. The number of nitrogens with two attached hydrogens (primary N) is 1. The van der Waals surface area contributed by atoms with Crippen molar-refractivity contribution in [3.8, 4) is 5.75 Å². The number of ether oxygens (including phenoxy) is 1. The molecule has 2 aromatic carbocycles. The molecule has 1 aromatic heterocycles. The molecule has 0 aliphatic carbocycles. The number of piperazine rings is 1. The van der Waals surface area contributed by atoms with E-state index in [9.17, 15) is 0 Å². The number of hydrogen-bond acceptors (Lipinski definition) is 7. The van der Waals surface area contributed by atoms with Crippen LogP contribution in [0.25, 0.3) is 0 Å². The zero-order valence-electron chi connectivity index (χ0n) is 20.5. The molecular formula is C26H33N7OS. The lowest BCUT2D eigenvalue weighted by Gasteiger charge is -2.39. The Morgan fingerprint density at radius 1 is 1.09 bits per heavy atom. The van der Waals surface area contributed by atoms with Gasteiger partial charge in [0.1, 0.15) is 11.4 Å². The van der Waals surface area contributed by atoms with E-state index in [-0.39, 0.29) is 0 Å². The molecule has 0 amide bonds. The number of aromatic nitrogens is 1. The average Bonchev–Trinajstić information content (AvgIpc) is 3.35. The summed E-state index contributed by atoms with van der Waals surface area (Å²) in [5, 5.41) is 6.90. The fraction of sp³-hybridized carbons (Fsp3) is 0.346. The number of nitrogens with one attached hydrogen (secondary N) is 3. The molecule has 184 valence electrons. The molecule has 1 saturated heterocycles. The quantitative estimate of drug-likeness (QED) is 0.394. The first-order valence-electron chi connectivity index (χ1n) is 11.8. The summed E-state index contributed by atoms with van der Waals surface area (Å²) in [6, 6.07) is 16.6. The van der Waals surface area contributed by atoms with Crippen molar-refractivity contribution in [2.24, 2.45) is 10.7 Å². The van der Waals surface area contributed by atoms with Gasteiger partial charge in [-0.05, 0) is 43.1 Å². The second-order valence-electron chi connectivity index (χ2n) is 8.98. The number of aromatic amines is 1. The van der Waals surface area contributed by atoms with Gasteiger partial charge in [0.25, 0.3) is 0 Å². The molecule has 35 heavy (non-hydrogen) atoms. The van der Waals surface area contributed by atoms with Gasteiger partial charge in [0.15, 0.2) is 11.6 Å². The van der Waals surface area contributed by atoms with Crippen LogP contribution in [0.5, 0.6) is 5.75 Å². The Morgan fingerprint density at radius 3 is 2.66 bits per heavy atom. The molecule has 1 atom stereocenters. The van der Waals surface area contributed by atoms with E-state index in [1.54, 1.807) is 18.9 Å². The second kappa shape index (κ2) is 9.85. The molecule has 0 radical (unpaired) electrons. The lowest BCUT2D eigenvalue weighted by atomic mass is 10.0. The van der Waals surface area contributed by atoms with E-state index in [1.165, 1.54) is 10.5 Å². The van der Waals surface area contributed by atoms with Crippen LogP contribution >= 0.6 is 11.8 Å². The van der Waals surface area contributed by atoms with E-state index in [1.807, 2.05) is 24.4 Å². The first-order chi connectivity index (χ1) is 17.0. The fourth-order valence-electron chi connectivity index (χ4n) is 4.68. The van der Waals surface area contributed by atoms with E-state index < -0.39 is 5.79 Å². The van der Waals surface area contributed by atoms with Crippen molar-refractivity contribution in [1.29, 1.82) is 0 Å². The highest BCUT2D eigenvalue weighted by Gasteiger charge is 2.37. The molecule has 0 bridgehead atoms. The maximum absolute atomic E-state index is 6.97. The number of amidine groups is 1. The normalized spacial score (nSPS) is 21.4. The number of hydrogen-bond donors (Lipinski definition) is 4. The minimum absolute atomic E-state index is 0.549. The van der Waals surface area contributed by atoms with Gasteiger partial charge in [0.05, 0.1) is 24.9 Å². The highest BCUT2D eigenvalue weighted by Crippen LogP contribution is 2.35. The standard InChI is InChI=1S/C26H33N7OS/c1-32-12-14-33(15-13-32)19-8-9-20(22(16-19)34-2)26(27)30-21-10-11-28-24(21)25(31-26)29-17-18-6-4-5-7-23(18)35-3/h4-11,16,28,30H,12-15,17,27H2,1-3H3,(H,29,31). The minimum atomic E-state index is -1.08. The van der Waals surface area contributed by atoms with Crippen LogP contribution in [-0.2, 0) is 12.3 Å². The van der Waals surface area contributed by atoms with E-state index in [4.69, 9.17) is 15.5 Å². The number of likely N-dealkylation sites (N-methyl/N-ethyl adjacent to an activating group) is 1. The van der Waals surface area contributed by atoms with Gasteiger partial charge in [-0.25, -0.2) is 0 Å². The van der Waals surface area contributed by atoms with Crippen LogP contribution < -0.4 is 26.0 Å². The van der Waals surface area contributed by atoms with Crippen molar-refractivity contribution in [3.05, 3.63) is 71.5 Å². The monoisotopic (exact) mass is 491 g/mol. The Kier molecular flexibility index (Phi) is 6.64. The van der Waals surface area contributed by atoms with Gasteiger partial charge < -0.3 is 30.2 Å². The summed E-state index contributed by atoms with van der Waals surface area (Å²) in [5.74, 6) is 0.362. The van der Waals surface area contributed by atoms with Crippen molar-refractivity contribution in [3.63, 3.8) is 0 Å². The van der Waals surface area contributed by atoms with Crippen LogP contribution in [0.1, 0.15) is 16.8 Å². The Labute approximate surface area is 210 Å². The molecule has 5 N–H and O–H groups in total. The molecule has 0 spiro atoms. The first kappa shape index (κ1) is 23.6. The summed E-state index contributed by atoms with van der Waals surface area (Å²) >= 11 is 1.73. The molecule has 1 fully saturated rings. The number of thioether (sulfide) groups is 1. The van der Waals surface area contributed by atoms with Crippen LogP contribution in [-0.4, -0.2) is 62.3 Å².